The minimum Gasteiger partial charge on any atom is -0.497 e. The summed E-state index contributed by atoms with van der Waals surface area (Å²) in [7, 11) is 1.60. The Kier molecular flexibility index (Phi) is 6.03. The van der Waals surface area contributed by atoms with Crippen molar-refractivity contribution in [2.45, 2.75) is 13.1 Å². The number of nitrogens with zero attached hydrogens (tertiary/aromatic N) is 2. The predicted molar refractivity (Wildman–Crippen MR) is 106 cm³/mol. The summed E-state index contributed by atoms with van der Waals surface area (Å²) in [5.74, 6) is 0.471. The second-order valence-corrected chi connectivity index (χ2v) is 6.76. The topological polar surface area (TPSA) is 73.2 Å². The summed E-state index contributed by atoms with van der Waals surface area (Å²) in [5.41, 5.74) is 2.11. The molecule has 1 heterocycles. The molecule has 0 saturated heterocycles. The summed E-state index contributed by atoms with van der Waals surface area (Å²) in [6.07, 6.45) is 0. The van der Waals surface area contributed by atoms with E-state index in [-0.39, 0.29) is 18.0 Å². The van der Waals surface area contributed by atoms with Crippen molar-refractivity contribution in [1.82, 2.24) is 15.1 Å². The maximum Gasteiger partial charge on any atom is 0.267 e. The van der Waals surface area contributed by atoms with Crippen LogP contribution >= 0.6 is 15.9 Å². The molecule has 6 nitrogen and oxygen atoms in total. The van der Waals surface area contributed by atoms with Gasteiger partial charge in [-0.1, -0.05) is 40.2 Å². The van der Waals surface area contributed by atoms with E-state index >= 15 is 0 Å². The lowest BCUT2D eigenvalue weighted by molar-refractivity contribution is -0.122. The monoisotopic (exact) mass is 427 g/mol. The van der Waals surface area contributed by atoms with Gasteiger partial charge >= 0.3 is 0 Å². The summed E-state index contributed by atoms with van der Waals surface area (Å²) in [6, 6.07) is 18.1. The van der Waals surface area contributed by atoms with Gasteiger partial charge in [-0.25, -0.2) is 4.68 Å². The third-order valence-electron chi connectivity index (χ3n) is 3.95. The summed E-state index contributed by atoms with van der Waals surface area (Å²) in [5, 5.41) is 7.09. The third-order valence-corrected chi connectivity index (χ3v) is 4.48. The average molecular weight is 428 g/mol. The van der Waals surface area contributed by atoms with Crippen LogP contribution in [0.4, 0.5) is 0 Å². The lowest BCUT2D eigenvalue weighted by Crippen LogP contribution is -2.33. The fourth-order valence-corrected chi connectivity index (χ4v) is 2.74. The van der Waals surface area contributed by atoms with E-state index in [1.807, 2.05) is 48.5 Å². The number of carbonyl (C=O) groups is 1. The van der Waals surface area contributed by atoms with Crippen LogP contribution in [-0.2, 0) is 17.9 Å². The molecule has 3 rings (SSSR count). The Hall–Kier alpha value is -2.93. The van der Waals surface area contributed by atoms with Crippen LogP contribution in [0.5, 0.6) is 5.75 Å². The van der Waals surface area contributed by atoms with Gasteiger partial charge in [-0.15, -0.1) is 0 Å². The maximum atomic E-state index is 12.2. The molecule has 0 atom stereocenters. The van der Waals surface area contributed by atoms with Crippen molar-refractivity contribution in [3.05, 3.63) is 81.1 Å². The number of benzene rings is 2. The predicted octanol–water partition coefficient (Wildman–Crippen LogP) is 3.00. The molecular formula is C20H18BrN3O3. The Morgan fingerprint density at radius 2 is 1.78 bits per heavy atom. The number of rotatable bonds is 6. The Labute approximate surface area is 164 Å². The van der Waals surface area contributed by atoms with Crippen molar-refractivity contribution >= 4 is 21.8 Å². The van der Waals surface area contributed by atoms with Gasteiger partial charge in [0.15, 0.2) is 0 Å². The van der Waals surface area contributed by atoms with Crippen LogP contribution in [-0.4, -0.2) is 22.8 Å². The number of ether oxygens (including phenoxy) is 1. The second kappa shape index (κ2) is 8.64. The molecule has 0 fully saturated rings. The van der Waals surface area contributed by atoms with E-state index in [1.54, 1.807) is 13.2 Å². The van der Waals surface area contributed by atoms with E-state index in [4.69, 9.17) is 4.74 Å². The van der Waals surface area contributed by atoms with E-state index in [0.717, 1.165) is 21.3 Å². The first-order chi connectivity index (χ1) is 13.0. The lowest BCUT2D eigenvalue weighted by atomic mass is 10.1. The van der Waals surface area contributed by atoms with Gasteiger partial charge < -0.3 is 10.1 Å². The van der Waals surface area contributed by atoms with Gasteiger partial charge in [-0.2, -0.15) is 5.10 Å². The van der Waals surface area contributed by atoms with Crippen LogP contribution in [0.15, 0.2) is 69.9 Å². The summed E-state index contributed by atoms with van der Waals surface area (Å²) in [4.78, 5) is 24.2. The largest absolute Gasteiger partial charge is 0.497 e. The van der Waals surface area contributed by atoms with E-state index in [1.165, 1.54) is 10.7 Å². The van der Waals surface area contributed by atoms with Crippen molar-refractivity contribution in [1.29, 1.82) is 0 Å². The quantitative estimate of drug-likeness (QED) is 0.655. The molecule has 0 unspecified atom stereocenters. The van der Waals surface area contributed by atoms with E-state index in [0.29, 0.717) is 12.2 Å². The first kappa shape index (κ1) is 18.8. The summed E-state index contributed by atoms with van der Waals surface area (Å²) >= 11 is 3.39. The standard InChI is InChI=1S/C20H18BrN3O3/c1-27-17-8-2-14(3-9-17)12-22-19(25)13-24-20(26)11-10-18(23-24)15-4-6-16(21)7-5-15/h2-11H,12-13H2,1H3,(H,22,25). The molecule has 0 spiro atoms. The van der Waals surface area contributed by atoms with E-state index in [2.05, 4.69) is 26.3 Å². The van der Waals surface area contributed by atoms with Crippen LogP contribution in [0, 0.1) is 0 Å². The van der Waals surface area contributed by atoms with Crippen LogP contribution in [0.3, 0.4) is 0 Å². The van der Waals surface area contributed by atoms with Crippen LogP contribution < -0.4 is 15.6 Å². The Balaban J connectivity index is 1.67. The fraction of sp³-hybridized carbons (Fsp3) is 0.150. The van der Waals surface area contributed by atoms with E-state index in [9.17, 15) is 9.59 Å². The molecule has 1 aromatic heterocycles. The molecule has 0 aliphatic heterocycles. The highest BCUT2D eigenvalue weighted by Crippen LogP contribution is 2.18. The molecule has 7 heteroatoms. The van der Waals surface area contributed by atoms with Gasteiger partial charge in [0, 0.05) is 22.6 Å². The van der Waals surface area contributed by atoms with Gasteiger partial charge in [0.1, 0.15) is 12.3 Å². The number of aromatic nitrogens is 2. The minimum absolute atomic E-state index is 0.140. The SMILES string of the molecule is COc1ccc(CNC(=O)Cn2nc(-c3ccc(Br)cc3)ccc2=O)cc1. The fourth-order valence-electron chi connectivity index (χ4n) is 2.47. The molecule has 27 heavy (non-hydrogen) atoms. The Morgan fingerprint density at radius 3 is 2.44 bits per heavy atom. The van der Waals surface area contributed by atoms with Gasteiger partial charge in [-0.3, -0.25) is 9.59 Å². The number of hydrogen-bond acceptors (Lipinski definition) is 4. The van der Waals surface area contributed by atoms with Crippen molar-refractivity contribution < 1.29 is 9.53 Å². The Bertz CT molecular complexity index is 983. The van der Waals surface area contributed by atoms with Gasteiger partial charge in [-0.05, 0) is 35.9 Å². The average Bonchev–Trinajstić information content (AvgIpc) is 2.69. The molecule has 0 aliphatic rings. The molecular weight excluding hydrogens is 410 g/mol. The summed E-state index contributed by atoms with van der Waals surface area (Å²) in [6.45, 7) is 0.226. The van der Waals surface area contributed by atoms with Crippen LogP contribution in [0.25, 0.3) is 11.3 Å². The minimum atomic E-state index is -0.324. The van der Waals surface area contributed by atoms with Crippen molar-refractivity contribution in [3.63, 3.8) is 0 Å². The number of amides is 1. The normalized spacial score (nSPS) is 10.4. The zero-order chi connectivity index (χ0) is 19.2. The zero-order valence-electron chi connectivity index (χ0n) is 14.7. The molecule has 0 saturated carbocycles. The van der Waals surface area contributed by atoms with Crippen molar-refractivity contribution in [3.8, 4) is 17.0 Å². The highest BCUT2D eigenvalue weighted by atomic mass is 79.9. The number of methoxy groups -OCH3 is 1. The molecule has 0 bridgehead atoms. The first-order valence-corrected chi connectivity index (χ1v) is 9.08. The smallest absolute Gasteiger partial charge is 0.267 e. The third kappa shape index (κ3) is 5.04. The number of halogens is 1. The second-order valence-electron chi connectivity index (χ2n) is 5.85. The molecule has 3 aromatic rings. The van der Waals surface area contributed by atoms with Crippen LogP contribution in [0.1, 0.15) is 5.56 Å². The van der Waals surface area contributed by atoms with Crippen molar-refractivity contribution in [2.24, 2.45) is 0 Å². The molecule has 138 valence electrons. The highest BCUT2D eigenvalue weighted by Gasteiger charge is 2.08. The molecule has 2 aromatic carbocycles. The maximum absolute atomic E-state index is 12.2. The van der Waals surface area contributed by atoms with Crippen LogP contribution in [0.2, 0.25) is 0 Å². The highest BCUT2D eigenvalue weighted by molar-refractivity contribution is 9.10. The van der Waals surface area contributed by atoms with Crippen molar-refractivity contribution in [2.75, 3.05) is 7.11 Å². The molecule has 0 aliphatic carbocycles. The Morgan fingerprint density at radius 1 is 1.07 bits per heavy atom. The summed E-state index contributed by atoms with van der Waals surface area (Å²) < 4.78 is 7.23. The van der Waals surface area contributed by atoms with Gasteiger partial charge in [0.05, 0.1) is 12.8 Å². The lowest BCUT2D eigenvalue weighted by Gasteiger charge is -2.09. The number of hydrogen-bond donors (Lipinski definition) is 1. The van der Waals surface area contributed by atoms with Gasteiger partial charge in [0.25, 0.3) is 5.56 Å². The molecule has 0 radical (unpaired) electrons. The van der Waals surface area contributed by atoms with Gasteiger partial charge in [0.2, 0.25) is 5.91 Å². The molecule has 1 amide bonds. The number of carbonyl (C=O) groups excluding carboxylic acids is 1. The zero-order valence-corrected chi connectivity index (χ0v) is 16.3. The first-order valence-electron chi connectivity index (χ1n) is 8.29. The van der Waals surface area contributed by atoms with E-state index < -0.39 is 0 Å². The number of nitrogens with one attached hydrogen (secondary N) is 1. The molecule has 1 N–H and O–H groups in total.